The van der Waals surface area contributed by atoms with E-state index in [0.29, 0.717) is 11.2 Å². The van der Waals surface area contributed by atoms with Gasteiger partial charge < -0.3 is 31.1 Å². The number of H-pyrrole nitrogens is 1. The van der Waals surface area contributed by atoms with Crippen LogP contribution in [0.1, 0.15) is 58.2 Å². The van der Waals surface area contributed by atoms with Crippen molar-refractivity contribution in [3.63, 3.8) is 0 Å². The standard InChI is InChI=1S/C42H38F3N5O6/c43-42(44,45)29-14-8-13-28(22-29)39(34-23-27-12-5-7-16-31(27)47-34)50-37(52)20-19-36(51)33(21-25-9-2-1-3-10-25)48-38(53)24-35(41(55)56)49-40(54)32-18-17-26-11-4-6-15-30(26)46-32/h1-18,22-23,33,35-36,39,47,51H,19-21,24H2,(H,48,53)(H,49,54)(H,50,52)(H,55,56)/t33-,35?,36-,39?/m0/s1. The van der Waals surface area contributed by atoms with Gasteiger partial charge in [-0.2, -0.15) is 13.2 Å². The van der Waals surface area contributed by atoms with Crippen LogP contribution in [-0.2, 0) is 27.0 Å². The topological polar surface area (TPSA) is 174 Å². The number of hydrogen-bond donors (Lipinski definition) is 6. The summed E-state index contributed by atoms with van der Waals surface area (Å²) >= 11 is 0. The van der Waals surface area contributed by atoms with Crippen LogP contribution >= 0.6 is 0 Å². The molecule has 0 spiro atoms. The number of carbonyl (C=O) groups excluding carboxylic acids is 3. The summed E-state index contributed by atoms with van der Waals surface area (Å²) in [6, 6.07) is 29.1. The molecule has 6 aromatic rings. The quantitative estimate of drug-likeness (QED) is 0.0735. The van der Waals surface area contributed by atoms with Crippen LogP contribution in [0.3, 0.4) is 0 Å². The Hall–Kier alpha value is -6.54. The van der Waals surface area contributed by atoms with Crippen molar-refractivity contribution in [3.05, 3.63) is 149 Å². The fourth-order valence-corrected chi connectivity index (χ4v) is 6.43. The minimum Gasteiger partial charge on any atom is -0.480 e. The highest BCUT2D eigenvalue weighted by molar-refractivity contribution is 5.98. The summed E-state index contributed by atoms with van der Waals surface area (Å²) in [7, 11) is 0. The number of benzene rings is 4. The van der Waals surface area contributed by atoms with Crippen molar-refractivity contribution in [1.29, 1.82) is 0 Å². The van der Waals surface area contributed by atoms with Gasteiger partial charge in [-0.05, 0) is 65.8 Å². The molecule has 4 aromatic carbocycles. The average molecular weight is 766 g/mol. The number of halogens is 3. The molecular weight excluding hydrogens is 727 g/mol. The molecule has 56 heavy (non-hydrogen) atoms. The van der Waals surface area contributed by atoms with Crippen LogP contribution in [0.2, 0.25) is 0 Å². The third-order valence-electron chi connectivity index (χ3n) is 9.31. The maximum atomic E-state index is 13.7. The van der Waals surface area contributed by atoms with Gasteiger partial charge in [0.2, 0.25) is 11.8 Å². The summed E-state index contributed by atoms with van der Waals surface area (Å²) in [6.45, 7) is 0. The van der Waals surface area contributed by atoms with Crippen molar-refractivity contribution < 1.29 is 42.6 Å². The number of nitrogens with one attached hydrogen (secondary N) is 4. The van der Waals surface area contributed by atoms with Crippen molar-refractivity contribution in [1.82, 2.24) is 25.9 Å². The number of rotatable bonds is 15. The van der Waals surface area contributed by atoms with E-state index < -0.39 is 66.1 Å². The van der Waals surface area contributed by atoms with E-state index in [1.165, 1.54) is 18.2 Å². The number of aliphatic hydroxyl groups excluding tert-OH is 1. The molecule has 6 N–H and O–H groups in total. The predicted octanol–water partition coefficient (Wildman–Crippen LogP) is 6.08. The lowest BCUT2D eigenvalue weighted by Crippen LogP contribution is -2.49. The van der Waals surface area contributed by atoms with Crippen molar-refractivity contribution in [2.24, 2.45) is 0 Å². The van der Waals surface area contributed by atoms with Crippen molar-refractivity contribution in [2.45, 2.75) is 56.1 Å². The molecule has 6 rings (SSSR count). The number of nitrogens with zero attached hydrogens (tertiary/aromatic N) is 1. The van der Waals surface area contributed by atoms with E-state index in [1.54, 1.807) is 66.7 Å². The Bertz CT molecular complexity index is 2320. The molecule has 0 aliphatic rings. The first-order valence-corrected chi connectivity index (χ1v) is 17.8. The van der Waals surface area contributed by atoms with E-state index in [9.17, 15) is 42.6 Å². The number of aromatic nitrogens is 2. The van der Waals surface area contributed by atoms with Gasteiger partial charge in [0.05, 0.1) is 35.7 Å². The zero-order valence-electron chi connectivity index (χ0n) is 29.8. The molecule has 4 atom stereocenters. The maximum Gasteiger partial charge on any atom is 0.416 e. The molecule has 2 aromatic heterocycles. The van der Waals surface area contributed by atoms with Gasteiger partial charge in [-0.15, -0.1) is 0 Å². The van der Waals surface area contributed by atoms with Crippen LogP contribution in [0.4, 0.5) is 13.2 Å². The molecule has 288 valence electrons. The molecule has 2 unspecified atom stereocenters. The zero-order chi connectivity index (χ0) is 39.8. The Morgan fingerprint density at radius 1 is 0.750 bits per heavy atom. The van der Waals surface area contributed by atoms with Gasteiger partial charge in [0, 0.05) is 23.0 Å². The molecular formula is C42H38F3N5O6. The predicted molar refractivity (Wildman–Crippen MR) is 202 cm³/mol. The Morgan fingerprint density at radius 2 is 1.46 bits per heavy atom. The number of carboxylic acid groups (broad SMARTS) is 1. The number of hydrogen-bond acceptors (Lipinski definition) is 6. The molecule has 0 radical (unpaired) electrons. The molecule has 11 nitrogen and oxygen atoms in total. The average Bonchev–Trinajstić information content (AvgIpc) is 3.62. The number of aliphatic carboxylic acids is 1. The third kappa shape index (κ3) is 9.95. The Labute approximate surface area is 319 Å². The van der Waals surface area contributed by atoms with Crippen LogP contribution in [0, 0.1) is 0 Å². The lowest BCUT2D eigenvalue weighted by molar-refractivity contribution is -0.141. The van der Waals surface area contributed by atoms with Crippen LogP contribution in [0.15, 0.2) is 121 Å². The van der Waals surface area contributed by atoms with Gasteiger partial charge in [0.1, 0.15) is 11.7 Å². The summed E-state index contributed by atoms with van der Waals surface area (Å²) in [6.07, 6.45) is -6.93. The second-order valence-electron chi connectivity index (χ2n) is 13.4. The molecule has 2 heterocycles. The summed E-state index contributed by atoms with van der Waals surface area (Å²) in [4.78, 5) is 59.3. The Kier molecular flexibility index (Phi) is 12.1. The van der Waals surface area contributed by atoms with Crippen molar-refractivity contribution >= 4 is 45.5 Å². The first-order valence-electron chi connectivity index (χ1n) is 17.8. The van der Waals surface area contributed by atoms with Gasteiger partial charge in [0.15, 0.2) is 0 Å². The number of para-hydroxylation sites is 2. The summed E-state index contributed by atoms with van der Waals surface area (Å²) < 4.78 is 41.0. The first-order chi connectivity index (χ1) is 26.8. The monoisotopic (exact) mass is 765 g/mol. The van der Waals surface area contributed by atoms with Crippen LogP contribution < -0.4 is 16.0 Å². The number of amides is 3. The normalized spacial score (nSPS) is 13.7. The highest BCUT2D eigenvalue weighted by Crippen LogP contribution is 2.33. The highest BCUT2D eigenvalue weighted by atomic mass is 19.4. The van der Waals surface area contributed by atoms with E-state index in [0.717, 1.165) is 34.0 Å². The molecule has 14 heteroatoms. The Balaban J connectivity index is 1.14. The molecule has 0 saturated heterocycles. The number of carbonyl (C=O) groups is 4. The Morgan fingerprint density at radius 3 is 2.20 bits per heavy atom. The van der Waals surface area contributed by atoms with E-state index in [1.807, 2.05) is 24.3 Å². The summed E-state index contributed by atoms with van der Waals surface area (Å²) in [5.74, 6) is -3.61. The SMILES string of the molecule is O=C(CC[C@H](O)[C@H](Cc1ccccc1)NC(=O)CC(NC(=O)c1ccc2ccccc2n1)C(=O)O)NC(c1cccc(C(F)(F)F)c1)c1cc2ccccc2[nH]1. The molecule has 0 aliphatic carbocycles. The minimum atomic E-state index is -4.61. The maximum absolute atomic E-state index is 13.7. The highest BCUT2D eigenvalue weighted by Gasteiger charge is 2.32. The van der Waals surface area contributed by atoms with Crippen LogP contribution in [-0.4, -0.2) is 62.1 Å². The van der Waals surface area contributed by atoms with Crippen LogP contribution in [0.5, 0.6) is 0 Å². The summed E-state index contributed by atoms with van der Waals surface area (Å²) in [5, 5.41) is 30.6. The van der Waals surface area contributed by atoms with E-state index in [4.69, 9.17) is 0 Å². The van der Waals surface area contributed by atoms with Crippen molar-refractivity contribution in [3.8, 4) is 0 Å². The number of alkyl halides is 3. The second kappa shape index (κ2) is 17.3. The lowest BCUT2D eigenvalue weighted by Gasteiger charge is -2.26. The van der Waals surface area contributed by atoms with Gasteiger partial charge in [-0.3, -0.25) is 14.4 Å². The molecule has 0 fully saturated rings. The third-order valence-corrected chi connectivity index (χ3v) is 9.31. The molecule has 0 saturated carbocycles. The summed E-state index contributed by atoms with van der Waals surface area (Å²) in [5.41, 5.74) is 1.70. The van der Waals surface area contributed by atoms with Gasteiger partial charge in [-0.1, -0.05) is 84.9 Å². The van der Waals surface area contributed by atoms with E-state index >= 15 is 0 Å². The number of fused-ring (bicyclic) bond motifs is 2. The van der Waals surface area contributed by atoms with Gasteiger partial charge >= 0.3 is 12.1 Å². The first kappa shape index (κ1) is 39.2. The smallest absolute Gasteiger partial charge is 0.416 e. The largest absolute Gasteiger partial charge is 0.480 e. The number of aromatic amines is 1. The minimum absolute atomic E-state index is 0.0363. The molecule has 0 bridgehead atoms. The fraction of sp³-hybridized carbons (Fsp3) is 0.214. The van der Waals surface area contributed by atoms with Gasteiger partial charge in [-0.25, -0.2) is 9.78 Å². The van der Waals surface area contributed by atoms with Crippen LogP contribution in [0.25, 0.3) is 21.8 Å². The number of pyridine rings is 1. The second-order valence-corrected chi connectivity index (χ2v) is 13.4. The lowest BCUT2D eigenvalue weighted by atomic mass is 9.97. The fourth-order valence-electron chi connectivity index (χ4n) is 6.43. The number of aliphatic hydroxyl groups is 1. The van der Waals surface area contributed by atoms with Crippen molar-refractivity contribution in [2.75, 3.05) is 0 Å². The van der Waals surface area contributed by atoms with Gasteiger partial charge in [0.25, 0.3) is 5.91 Å². The molecule has 3 amide bonds. The van der Waals surface area contributed by atoms with E-state index in [-0.39, 0.29) is 30.5 Å². The van der Waals surface area contributed by atoms with E-state index in [2.05, 4.69) is 25.9 Å². The zero-order valence-corrected chi connectivity index (χ0v) is 29.8. The molecule has 0 aliphatic heterocycles. The number of carboxylic acids is 1.